The molecular weight excluding hydrogens is 251 g/mol. The quantitative estimate of drug-likeness (QED) is 0.862. The van der Waals surface area contributed by atoms with Gasteiger partial charge in [-0.3, -0.25) is 4.79 Å². The van der Waals surface area contributed by atoms with Gasteiger partial charge in [-0.2, -0.15) is 0 Å². The number of hydrogen-bond acceptors (Lipinski definition) is 3. The highest BCUT2D eigenvalue weighted by Gasteiger charge is 2.36. The maximum absolute atomic E-state index is 13.6. The smallest absolute Gasteiger partial charge is 0.303 e. The molecule has 104 valence electrons. The fourth-order valence-electron chi connectivity index (χ4n) is 2.39. The predicted molar refractivity (Wildman–Crippen MR) is 67.2 cm³/mol. The lowest BCUT2D eigenvalue weighted by atomic mass is 9.90. The number of carbonyl (C=O) groups is 1. The molecular formula is C14H17FO4. The molecule has 1 fully saturated rings. The number of methoxy groups -OCH3 is 2. The van der Waals surface area contributed by atoms with E-state index in [1.54, 1.807) is 6.07 Å². The van der Waals surface area contributed by atoms with Gasteiger partial charge >= 0.3 is 5.97 Å². The van der Waals surface area contributed by atoms with Gasteiger partial charge < -0.3 is 14.6 Å². The fourth-order valence-corrected chi connectivity index (χ4v) is 2.39. The summed E-state index contributed by atoms with van der Waals surface area (Å²) in [6.45, 7) is 0. The standard InChI is InChI=1S/C14H17FO4/c1-18-12-7-11(15)13(19-2)5-10(12)9(6-14(16)17)8-3-4-8/h5,7-9H,3-4,6H2,1-2H3,(H,16,17). The van der Waals surface area contributed by atoms with Gasteiger partial charge in [-0.1, -0.05) is 0 Å². The van der Waals surface area contributed by atoms with E-state index >= 15 is 0 Å². The van der Waals surface area contributed by atoms with Crippen LogP contribution in [0, 0.1) is 11.7 Å². The van der Waals surface area contributed by atoms with Gasteiger partial charge in [-0.25, -0.2) is 4.39 Å². The minimum atomic E-state index is -0.859. The van der Waals surface area contributed by atoms with E-state index in [9.17, 15) is 9.18 Å². The van der Waals surface area contributed by atoms with Crippen molar-refractivity contribution in [2.24, 2.45) is 5.92 Å². The van der Waals surface area contributed by atoms with Crippen molar-refractivity contribution in [2.45, 2.75) is 25.2 Å². The maximum atomic E-state index is 13.6. The molecule has 0 bridgehead atoms. The summed E-state index contributed by atoms with van der Waals surface area (Å²) < 4.78 is 23.8. The molecule has 1 atom stereocenters. The molecule has 0 amide bonds. The van der Waals surface area contributed by atoms with Crippen molar-refractivity contribution in [3.8, 4) is 11.5 Å². The Balaban J connectivity index is 2.41. The number of aliphatic carboxylic acids is 1. The van der Waals surface area contributed by atoms with Gasteiger partial charge in [0.15, 0.2) is 11.6 Å². The largest absolute Gasteiger partial charge is 0.496 e. The van der Waals surface area contributed by atoms with Crippen molar-refractivity contribution < 1.29 is 23.8 Å². The van der Waals surface area contributed by atoms with Gasteiger partial charge in [0.05, 0.1) is 20.6 Å². The molecule has 1 saturated carbocycles. The van der Waals surface area contributed by atoms with Crippen molar-refractivity contribution in [3.05, 3.63) is 23.5 Å². The number of rotatable bonds is 6. The molecule has 0 radical (unpaired) electrons. The van der Waals surface area contributed by atoms with Gasteiger partial charge in [0.1, 0.15) is 5.75 Å². The Morgan fingerprint density at radius 1 is 1.37 bits per heavy atom. The third-order valence-electron chi connectivity index (χ3n) is 3.49. The average Bonchev–Trinajstić information content (AvgIpc) is 3.19. The SMILES string of the molecule is COc1cc(C(CC(=O)O)C2CC2)c(OC)cc1F. The first kappa shape index (κ1) is 13.6. The number of benzene rings is 1. The van der Waals surface area contributed by atoms with Crippen LogP contribution in [0.1, 0.15) is 30.7 Å². The lowest BCUT2D eigenvalue weighted by molar-refractivity contribution is -0.137. The van der Waals surface area contributed by atoms with E-state index in [2.05, 4.69) is 0 Å². The summed E-state index contributed by atoms with van der Waals surface area (Å²) in [5.74, 6) is -0.680. The summed E-state index contributed by atoms with van der Waals surface area (Å²) >= 11 is 0. The van der Waals surface area contributed by atoms with Crippen molar-refractivity contribution in [1.29, 1.82) is 0 Å². The zero-order valence-corrected chi connectivity index (χ0v) is 11.0. The normalized spacial score (nSPS) is 15.9. The number of halogens is 1. The fraction of sp³-hybridized carbons (Fsp3) is 0.500. The van der Waals surface area contributed by atoms with E-state index in [0.717, 1.165) is 12.8 Å². The van der Waals surface area contributed by atoms with Crippen LogP contribution >= 0.6 is 0 Å². The van der Waals surface area contributed by atoms with Crippen LogP contribution in [-0.2, 0) is 4.79 Å². The Morgan fingerprint density at radius 2 is 2.00 bits per heavy atom. The van der Waals surface area contributed by atoms with Crippen molar-refractivity contribution in [3.63, 3.8) is 0 Å². The monoisotopic (exact) mass is 268 g/mol. The molecule has 0 spiro atoms. The molecule has 1 N–H and O–H groups in total. The Labute approximate surface area is 111 Å². The lowest BCUT2D eigenvalue weighted by Gasteiger charge is -2.19. The van der Waals surface area contributed by atoms with Crippen LogP contribution in [0.4, 0.5) is 4.39 Å². The van der Waals surface area contributed by atoms with E-state index in [1.807, 2.05) is 0 Å². The maximum Gasteiger partial charge on any atom is 0.303 e. The van der Waals surface area contributed by atoms with Gasteiger partial charge in [0.2, 0.25) is 0 Å². The first-order valence-electron chi connectivity index (χ1n) is 6.20. The van der Waals surface area contributed by atoms with E-state index in [4.69, 9.17) is 14.6 Å². The number of carboxylic acids is 1. The summed E-state index contributed by atoms with van der Waals surface area (Å²) in [5, 5.41) is 9.02. The molecule has 5 heteroatoms. The highest BCUT2D eigenvalue weighted by atomic mass is 19.1. The van der Waals surface area contributed by atoms with Gasteiger partial charge in [0, 0.05) is 17.5 Å². The zero-order valence-electron chi connectivity index (χ0n) is 11.0. The van der Waals surface area contributed by atoms with Crippen LogP contribution in [0.2, 0.25) is 0 Å². The van der Waals surface area contributed by atoms with Crippen LogP contribution in [0.25, 0.3) is 0 Å². The second-order valence-electron chi connectivity index (χ2n) is 4.77. The first-order valence-corrected chi connectivity index (χ1v) is 6.20. The van der Waals surface area contributed by atoms with Crippen LogP contribution in [0.15, 0.2) is 12.1 Å². The molecule has 0 saturated heterocycles. The minimum absolute atomic E-state index is 0.0236. The van der Waals surface area contributed by atoms with E-state index < -0.39 is 11.8 Å². The third kappa shape index (κ3) is 2.97. The lowest BCUT2D eigenvalue weighted by Crippen LogP contribution is -2.10. The Hall–Kier alpha value is -1.78. The Bertz CT molecular complexity index is 483. The summed E-state index contributed by atoms with van der Waals surface area (Å²) in [5.41, 5.74) is 0.714. The van der Waals surface area contributed by atoms with E-state index in [0.29, 0.717) is 17.2 Å². The van der Waals surface area contributed by atoms with Crippen LogP contribution < -0.4 is 9.47 Å². The number of hydrogen-bond donors (Lipinski definition) is 1. The number of carboxylic acid groups (broad SMARTS) is 1. The highest BCUT2D eigenvalue weighted by molar-refractivity contribution is 5.68. The molecule has 4 nitrogen and oxygen atoms in total. The molecule has 2 rings (SSSR count). The first-order chi connectivity index (χ1) is 9.06. The molecule has 0 aromatic heterocycles. The van der Waals surface area contributed by atoms with Crippen molar-refractivity contribution in [1.82, 2.24) is 0 Å². The molecule has 1 aromatic carbocycles. The molecule has 1 aromatic rings. The van der Waals surface area contributed by atoms with Gasteiger partial charge in [-0.15, -0.1) is 0 Å². The molecule has 0 aliphatic heterocycles. The van der Waals surface area contributed by atoms with Gasteiger partial charge in [0.25, 0.3) is 0 Å². The van der Waals surface area contributed by atoms with Crippen LogP contribution in [0.5, 0.6) is 11.5 Å². The summed E-state index contributed by atoms with van der Waals surface area (Å²) in [7, 11) is 2.84. The highest BCUT2D eigenvalue weighted by Crippen LogP contribution is 2.48. The third-order valence-corrected chi connectivity index (χ3v) is 3.49. The summed E-state index contributed by atoms with van der Waals surface area (Å²) in [4.78, 5) is 11.0. The second kappa shape index (κ2) is 5.47. The summed E-state index contributed by atoms with van der Waals surface area (Å²) in [6, 6.07) is 2.81. The van der Waals surface area contributed by atoms with Crippen LogP contribution in [0.3, 0.4) is 0 Å². The Kier molecular flexibility index (Phi) is 3.93. The second-order valence-corrected chi connectivity index (χ2v) is 4.77. The molecule has 0 heterocycles. The summed E-state index contributed by atoms with van der Waals surface area (Å²) in [6.07, 6.45) is 2.03. The molecule has 1 unspecified atom stereocenters. The average molecular weight is 268 g/mol. The Morgan fingerprint density at radius 3 is 2.47 bits per heavy atom. The zero-order chi connectivity index (χ0) is 14.0. The molecule has 1 aliphatic rings. The molecule has 19 heavy (non-hydrogen) atoms. The van der Waals surface area contributed by atoms with Crippen LogP contribution in [-0.4, -0.2) is 25.3 Å². The predicted octanol–water partition coefficient (Wildman–Crippen LogP) is 2.81. The topological polar surface area (TPSA) is 55.8 Å². The van der Waals surface area contributed by atoms with E-state index in [-0.39, 0.29) is 18.1 Å². The van der Waals surface area contributed by atoms with Crippen molar-refractivity contribution >= 4 is 5.97 Å². The number of ether oxygens (including phenoxy) is 2. The minimum Gasteiger partial charge on any atom is -0.496 e. The van der Waals surface area contributed by atoms with Crippen molar-refractivity contribution in [2.75, 3.05) is 14.2 Å². The van der Waals surface area contributed by atoms with Gasteiger partial charge in [-0.05, 0) is 24.8 Å². The van der Waals surface area contributed by atoms with E-state index in [1.165, 1.54) is 20.3 Å². The molecule has 1 aliphatic carbocycles.